The molecule has 0 amide bonds. The Kier molecular flexibility index (Phi) is 2.95. The predicted octanol–water partition coefficient (Wildman–Crippen LogP) is -1.27. The van der Waals surface area contributed by atoms with Crippen LogP contribution in [0.3, 0.4) is 0 Å². The van der Waals surface area contributed by atoms with Crippen molar-refractivity contribution in [1.29, 1.82) is 0 Å². The summed E-state index contributed by atoms with van der Waals surface area (Å²) in [5.41, 5.74) is 14.0. The van der Waals surface area contributed by atoms with Crippen LogP contribution in [0.2, 0.25) is 0 Å². The number of nitrogens with two attached hydrogens (primary N) is 2. The Balaban J connectivity index is 2.16. The monoisotopic (exact) mass is 168 g/mol. The highest BCUT2D eigenvalue weighted by molar-refractivity contribution is 5.75. The lowest BCUT2D eigenvalue weighted by Gasteiger charge is -1.97. The van der Waals surface area contributed by atoms with E-state index >= 15 is 0 Å². The van der Waals surface area contributed by atoms with Crippen molar-refractivity contribution in [1.82, 2.24) is 15.4 Å². The van der Waals surface area contributed by atoms with Crippen molar-refractivity contribution in [2.75, 3.05) is 6.54 Å². The molecule has 66 valence electrons. The zero-order chi connectivity index (χ0) is 8.81. The average molecular weight is 168 g/mol. The van der Waals surface area contributed by atoms with Gasteiger partial charge in [0.25, 0.3) is 0 Å². The molecule has 0 fully saturated rings. The van der Waals surface area contributed by atoms with Crippen LogP contribution in [0.25, 0.3) is 0 Å². The summed E-state index contributed by atoms with van der Waals surface area (Å²) < 4.78 is 0. The second kappa shape index (κ2) is 4.22. The minimum absolute atomic E-state index is 0.0413. The van der Waals surface area contributed by atoms with Crippen molar-refractivity contribution in [3.05, 3.63) is 18.2 Å². The normalized spacial score (nSPS) is 9.33. The van der Waals surface area contributed by atoms with Crippen molar-refractivity contribution in [3.8, 4) is 0 Å². The van der Waals surface area contributed by atoms with Crippen molar-refractivity contribution in [2.45, 2.75) is 6.42 Å². The number of hydrogen-bond donors (Lipinski definition) is 4. The van der Waals surface area contributed by atoms with Gasteiger partial charge in [0.15, 0.2) is 0 Å². The molecule has 1 heterocycles. The molecule has 1 aromatic heterocycles. The Morgan fingerprint density at radius 1 is 1.67 bits per heavy atom. The SMILES string of the molecule is NC(N)=NNCCc1cnc[nH]1. The second-order valence-corrected chi connectivity index (χ2v) is 2.27. The summed E-state index contributed by atoms with van der Waals surface area (Å²) in [5.74, 6) is 0.0413. The van der Waals surface area contributed by atoms with E-state index in [0.29, 0.717) is 6.54 Å². The first-order valence-corrected chi connectivity index (χ1v) is 3.58. The van der Waals surface area contributed by atoms with E-state index in [9.17, 15) is 0 Å². The van der Waals surface area contributed by atoms with E-state index in [-0.39, 0.29) is 5.96 Å². The molecule has 0 bridgehead atoms. The molecule has 0 aliphatic heterocycles. The van der Waals surface area contributed by atoms with Crippen LogP contribution in [0, 0.1) is 0 Å². The lowest BCUT2D eigenvalue weighted by molar-refractivity contribution is 0.720. The lowest BCUT2D eigenvalue weighted by Crippen LogP contribution is -2.27. The number of H-pyrrole nitrogens is 1. The molecule has 1 rings (SSSR count). The number of hydrazone groups is 1. The fourth-order valence-corrected chi connectivity index (χ4v) is 0.759. The number of aromatic amines is 1. The Morgan fingerprint density at radius 3 is 3.08 bits per heavy atom. The standard InChI is InChI=1S/C6H12N6/c7-6(8)12-11-2-1-5-3-9-4-10-5/h3-4,11H,1-2H2,(H,9,10)(H4,7,8,12). The first kappa shape index (κ1) is 8.38. The van der Waals surface area contributed by atoms with Crippen LogP contribution in [0.15, 0.2) is 17.6 Å². The third-order valence-electron chi connectivity index (χ3n) is 1.27. The number of aromatic nitrogens is 2. The maximum Gasteiger partial charge on any atom is 0.208 e. The number of imidazole rings is 1. The lowest BCUT2D eigenvalue weighted by atomic mass is 10.3. The number of nitrogens with one attached hydrogen (secondary N) is 2. The summed E-state index contributed by atoms with van der Waals surface area (Å²) in [7, 11) is 0. The number of hydrogen-bond acceptors (Lipinski definition) is 3. The van der Waals surface area contributed by atoms with Gasteiger partial charge in [0.05, 0.1) is 6.33 Å². The van der Waals surface area contributed by atoms with Crippen molar-refractivity contribution < 1.29 is 0 Å². The van der Waals surface area contributed by atoms with Crippen LogP contribution in [0.1, 0.15) is 5.69 Å². The topological polar surface area (TPSA) is 105 Å². The number of guanidine groups is 1. The third-order valence-corrected chi connectivity index (χ3v) is 1.27. The van der Waals surface area contributed by atoms with Crippen molar-refractivity contribution in [2.24, 2.45) is 16.6 Å². The molecule has 1 aromatic rings. The average Bonchev–Trinajstić information content (AvgIpc) is 2.49. The van der Waals surface area contributed by atoms with E-state index in [1.807, 2.05) is 0 Å². The molecule has 6 heteroatoms. The quantitative estimate of drug-likeness (QED) is 0.195. The molecule has 12 heavy (non-hydrogen) atoms. The maximum absolute atomic E-state index is 5.10. The van der Waals surface area contributed by atoms with Gasteiger partial charge in [-0.25, -0.2) is 4.98 Å². The van der Waals surface area contributed by atoms with E-state index in [1.54, 1.807) is 12.5 Å². The molecule has 0 unspecified atom stereocenters. The van der Waals surface area contributed by atoms with Gasteiger partial charge in [-0.2, -0.15) is 0 Å². The Hall–Kier alpha value is -1.72. The fourth-order valence-electron chi connectivity index (χ4n) is 0.759. The number of rotatable bonds is 4. The Labute approximate surface area is 70.1 Å². The summed E-state index contributed by atoms with van der Waals surface area (Å²) in [5, 5.41) is 3.61. The molecular formula is C6H12N6. The van der Waals surface area contributed by atoms with Crippen molar-refractivity contribution >= 4 is 5.96 Å². The highest BCUT2D eigenvalue weighted by atomic mass is 15.3. The molecule has 0 radical (unpaired) electrons. The summed E-state index contributed by atoms with van der Waals surface area (Å²) in [6, 6.07) is 0. The summed E-state index contributed by atoms with van der Waals surface area (Å²) >= 11 is 0. The third kappa shape index (κ3) is 2.91. The van der Waals surface area contributed by atoms with Gasteiger partial charge in [0.1, 0.15) is 0 Å². The largest absolute Gasteiger partial charge is 0.369 e. The Morgan fingerprint density at radius 2 is 2.50 bits per heavy atom. The fraction of sp³-hybridized carbons (Fsp3) is 0.333. The first-order valence-electron chi connectivity index (χ1n) is 3.58. The molecule has 0 aliphatic carbocycles. The maximum atomic E-state index is 5.10. The van der Waals surface area contributed by atoms with Crippen molar-refractivity contribution in [3.63, 3.8) is 0 Å². The van der Waals surface area contributed by atoms with Gasteiger partial charge >= 0.3 is 0 Å². The smallest absolute Gasteiger partial charge is 0.208 e. The zero-order valence-electron chi connectivity index (χ0n) is 6.62. The molecule has 0 aromatic carbocycles. The molecular weight excluding hydrogens is 156 g/mol. The van der Waals surface area contributed by atoms with Gasteiger partial charge in [0.2, 0.25) is 5.96 Å². The number of nitrogens with zero attached hydrogens (tertiary/aromatic N) is 2. The van der Waals surface area contributed by atoms with Gasteiger partial charge in [0, 0.05) is 24.9 Å². The zero-order valence-corrected chi connectivity index (χ0v) is 6.62. The van der Waals surface area contributed by atoms with Crippen LogP contribution in [0.4, 0.5) is 0 Å². The van der Waals surface area contributed by atoms with Crippen LogP contribution in [0.5, 0.6) is 0 Å². The molecule has 6 N–H and O–H groups in total. The van der Waals surface area contributed by atoms with Crippen LogP contribution < -0.4 is 16.9 Å². The van der Waals surface area contributed by atoms with Gasteiger partial charge < -0.3 is 21.9 Å². The first-order chi connectivity index (χ1) is 5.79. The molecule has 0 spiro atoms. The molecule has 0 atom stereocenters. The second-order valence-electron chi connectivity index (χ2n) is 2.27. The van der Waals surface area contributed by atoms with E-state index in [1.165, 1.54) is 0 Å². The Bertz CT molecular complexity index is 235. The van der Waals surface area contributed by atoms with Crippen LogP contribution in [-0.2, 0) is 6.42 Å². The molecule has 0 aliphatic rings. The van der Waals surface area contributed by atoms with Crippen LogP contribution >= 0.6 is 0 Å². The predicted molar refractivity (Wildman–Crippen MR) is 46.1 cm³/mol. The van der Waals surface area contributed by atoms with E-state index in [4.69, 9.17) is 11.5 Å². The minimum Gasteiger partial charge on any atom is -0.369 e. The summed E-state index contributed by atoms with van der Waals surface area (Å²) in [6.07, 6.45) is 4.21. The van der Waals surface area contributed by atoms with E-state index in [2.05, 4.69) is 20.5 Å². The highest BCUT2D eigenvalue weighted by Gasteiger charge is 1.91. The summed E-state index contributed by atoms with van der Waals surface area (Å²) in [6.45, 7) is 0.681. The summed E-state index contributed by atoms with van der Waals surface area (Å²) in [4.78, 5) is 6.83. The highest BCUT2D eigenvalue weighted by Crippen LogP contribution is 1.89. The van der Waals surface area contributed by atoms with Gasteiger partial charge in [-0.3, -0.25) is 0 Å². The minimum atomic E-state index is 0.0413. The molecule has 0 saturated heterocycles. The van der Waals surface area contributed by atoms with Gasteiger partial charge in [-0.05, 0) is 0 Å². The molecule has 6 nitrogen and oxygen atoms in total. The van der Waals surface area contributed by atoms with Gasteiger partial charge in [-0.15, -0.1) is 5.10 Å². The molecule has 0 saturated carbocycles. The van der Waals surface area contributed by atoms with Gasteiger partial charge in [-0.1, -0.05) is 0 Å². The van der Waals surface area contributed by atoms with E-state index < -0.39 is 0 Å². The van der Waals surface area contributed by atoms with E-state index in [0.717, 1.165) is 12.1 Å². The van der Waals surface area contributed by atoms with Crippen LogP contribution in [-0.4, -0.2) is 22.5 Å².